The molecule has 24 heavy (non-hydrogen) atoms. The van der Waals surface area contributed by atoms with Crippen molar-refractivity contribution in [3.05, 3.63) is 59.9 Å². The Hall–Kier alpha value is -2.36. The number of hydrogen-bond donors (Lipinski definition) is 0. The predicted octanol–water partition coefficient (Wildman–Crippen LogP) is 3.11. The Labute approximate surface area is 143 Å². The first-order valence-electron chi connectivity index (χ1n) is 8.55. The van der Waals surface area contributed by atoms with Gasteiger partial charge < -0.3 is 9.64 Å². The van der Waals surface area contributed by atoms with Gasteiger partial charge in [0.25, 0.3) is 0 Å². The lowest BCUT2D eigenvalue weighted by Gasteiger charge is -2.32. The van der Waals surface area contributed by atoms with Crippen LogP contribution in [0.2, 0.25) is 0 Å². The molecule has 0 saturated carbocycles. The molecule has 0 N–H and O–H groups in total. The second kappa shape index (κ2) is 7.95. The first kappa shape index (κ1) is 16.5. The summed E-state index contributed by atoms with van der Waals surface area (Å²) in [6, 6.07) is 11.9. The number of amides is 1. The molecule has 2 heterocycles. The van der Waals surface area contributed by atoms with E-state index < -0.39 is 0 Å². The van der Waals surface area contributed by atoms with E-state index >= 15 is 0 Å². The van der Waals surface area contributed by atoms with Crippen molar-refractivity contribution >= 4 is 5.91 Å². The van der Waals surface area contributed by atoms with Gasteiger partial charge in [0.1, 0.15) is 5.75 Å². The van der Waals surface area contributed by atoms with Gasteiger partial charge in [0.2, 0.25) is 5.91 Å². The lowest BCUT2D eigenvalue weighted by molar-refractivity contribution is -0.131. The van der Waals surface area contributed by atoms with Crippen LogP contribution in [0, 0.1) is 5.92 Å². The quantitative estimate of drug-likeness (QED) is 0.849. The standard InChI is InChI=1S/C20H24N2O2/c1-24-19-5-3-2-4-18(19)15-20(23)22-12-8-17(9-13-22)14-16-6-10-21-11-7-16/h2-7,10-11,17H,8-9,12-15H2,1H3. The van der Waals surface area contributed by atoms with E-state index in [1.807, 2.05) is 41.6 Å². The highest BCUT2D eigenvalue weighted by molar-refractivity contribution is 5.79. The monoisotopic (exact) mass is 324 g/mol. The van der Waals surface area contributed by atoms with Gasteiger partial charge >= 0.3 is 0 Å². The Bertz CT molecular complexity index is 664. The number of carbonyl (C=O) groups excluding carboxylic acids is 1. The Morgan fingerprint density at radius 2 is 1.88 bits per heavy atom. The van der Waals surface area contributed by atoms with Crippen molar-refractivity contribution < 1.29 is 9.53 Å². The van der Waals surface area contributed by atoms with Gasteiger partial charge in [-0.1, -0.05) is 18.2 Å². The zero-order chi connectivity index (χ0) is 16.8. The second-order valence-corrected chi connectivity index (χ2v) is 6.37. The Morgan fingerprint density at radius 1 is 1.17 bits per heavy atom. The minimum absolute atomic E-state index is 0.196. The fourth-order valence-electron chi connectivity index (χ4n) is 3.36. The number of pyridine rings is 1. The maximum absolute atomic E-state index is 12.6. The van der Waals surface area contributed by atoms with Crippen molar-refractivity contribution in [2.45, 2.75) is 25.7 Å². The Balaban J connectivity index is 1.52. The summed E-state index contributed by atoms with van der Waals surface area (Å²) in [6.45, 7) is 1.70. The summed E-state index contributed by atoms with van der Waals surface area (Å²) < 4.78 is 5.34. The largest absolute Gasteiger partial charge is 0.496 e. The molecule has 1 aliphatic heterocycles. The molecule has 1 saturated heterocycles. The summed E-state index contributed by atoms with van der Waals surface area (Å²) >= 11 is 0. The van der Waals surface area contributed by atoms with Gasteiger partial charge in [0.05, 0.1) is 13.5 Å². The van der Waals surface area contributed by atoms with Crippen LogP contribution in [0.25, 0.3) is 0 Å². The third-order valence-corrected chi connectivity index (χ3v) is 4.78. The van der Waals surface area contributed by atoms with Crippen molar-refractivity contribution in [2.75, 3.05) is 20.2 Å². The molecule has 126 valence electrons. The fourth-order valence-corrected chi connectivity index (χ4v) is 3.36. The van der Waals surface area contributed by atoms with Crippen molar-refractivity contribution in [3.63, 3.8) is 0 Å². The molecule has 1 aromatic carbocycles. The zero-order valence-electron chi connectivity index (χ0n) is 14.1. The van der Waals surface area contributed by atoms with Crippen LogP contribution in [0.15, 0.2) is 48.8 Å². The molecule has 1 fully saturated rings. The summed E-state index contributed by atoms with van der Waals surface area (Å²) in [6.07, 6.45) is 7.33. The van der Waals surface area contributed by atoms with E-state index in [0.717, 1.165) is 43.7 Å². The lowest BCUT2D eigenvalue weighted by atomic mass is 9.90. The predicted molar refractivity (Wildman–Crippen MR) is 93.9 cm³/mol. The highest BCUT2D eigenvalue weighted by Gasteiger charge is 2.23. The highest BCUT2D eigenvalue weighted by Crippen LogP contribution is 2.23. The molecule has 4 heteroatoms. The summed E-state index contributed by atoms with van der Waals surface area (Å²) in [7, 11) is 1.65. The van der Waals surface area contributed by atoms with Crippen molar-refractivity contribution in [1.29, 1.82) is 0 Å². The van der Waals surface area contributed by atoms with Crippen molar-refractivity contribution in [2.24, 2.45) is 5.92 Å². The van der Waals surface area contributed by atoms with Crippen LogP contribution in [0.1, 0.15) is 24.0 Å². The molecule has 0 aliphatic carbocycles. The SMILES string of the molecule is COc1ccccc1CC(=O)N1CCC(Cc2ccncc2)CC1. The molecule has 0 bridgehead atoms. The fraction of sp³-hybridized carbons (Fsp3) is 0.400. The smallest absolute Gasteiger partial charge is 0.227 e. The van der Waals surface area contributed by atoms with Crippen molar-refractivity contribution in [1.82, 2.24) is 9.88 Å². The van der Waals surface area contributed by atoms with E-state index in [0.29, 0.717) is 12.3 Å². The average Bonchev–Trinajstić information content (AvgIpc) is 2.63. The lowest BCUT2D eigenvalue weighted by Crippen LogP contribution is -2.39. The first-order chi connectivity index (χ1) is 11.8. The van der Waals surface area contributed by atoms with Crippen LogP contribution in [-0.2, 0) is 17.6 Å². The normalized spacial score (nSPS) is 15.3. The van der Waals surface area contributed by atoms with Crippen LogP contribution < -0.4 is 4.74 Å². The third-order valence-electron chi connectivity index (χ3n) is 4.78. The molecule has 0 unspecified atom stereocenters. The Morgan fingerprint density at radius 3 is 2.58 bits per heavy atom. The summed E-state index contributed by atoms with van der Waals surface area (Å²) in [4.78, 5) is 18.6. The van der Waals surface area contributed by atoms with Gasteiger partial charge in [-0.25, -0.2) is 0 Å². The van der Waals surface area contributed by atoms with Crippen LogP contribution in [-0.4, -0.2) is 36.0 Å². The molecule has 0 atom stereocenters. The van der Waals surface area contributed by atoms with Gasteiger partial charge in [-0.15, -0.1) is 0 Å². The number of likely N-dealkylation sites (tertiary alicyclic amines) is 1. The van der Waals surface area contributed by atoms with E-state index in [1.54, 1.807) is 7.11 Å². The number of ether oxygens (including phenoxy) is 1. The summed E-state index contributed by atoms with van der Waals surface area (Å²) in [5, 5.41) is 0. The number of carbonyl (C=O) groups is 1. The molecule has 1 aliphatic rings. The van der Waals surface area contributed by atoms with E-state index in [-0.39, 0.29) is 5.91 Å². The van der Waals surface area contributed by atoms with E-state index in [1.165, 1.54) is 5.56 Å². The van der Waals surface area contributed by atoms with Gasteiger partial charge in [0, 0.05) is 31.0 Å². The average molecular weight is 324 g/mol. The number of piperidine rings is 1. The van der Waals surface area contributed by atoms with Crippen LogP contribution in [0.3, 0.4) is 0 Å². The molecular formula is C20H24N2O2. The topological polar surface area (TPSA) is 42.4 Å². The zero-order valence-corrected chi connectivity index (χ0v) is 14.1. The van der Waals surface area contributed by atoms with Gasteiger partial charge in [0.15, 0.2) is 0 Å². The molecule has 4 nitrogen and oxygen atoms in total. The first-order valence-corrected chi connectivity index (χ1v) is 8.55. The minimum Gasteiger partial charge on any atom is -0.496 e. The number of benzene rings is 1. The molecule has 2 aromatic rings. The van der Waals surface area contributed by atoms with Crippen molar-refractivity contribution in [3.8, 4) is 5.75 Å². The number of nitrogens with zero attached hydrogens (tertiary/aromatic N) is 2. The second-order valence-electron chi connectivity index (χ2n) is 6.37. The van der Waals surface area contributed by atoms with Crippen LogP contribution in [0.4, 0.5) is 0 Å². The van der Waals surface area contributed by atoms with Crippen LogP contribution in [0.5, 0.6) is 5.75 Å². The number of aromatic nitrogens is 1. The van der Waals surface area contributed by atoms with Gasteiger partial charge in [-0.2, -0.15) is 0 Å². The molecule has 1 aromatic heterocycles. The molecule has 3 rings (SSSR count). The van der Waals surface area contributed by atoms with Gasteiger partial charge in [-0.05, 0) is 48.9 Å². The number of rotatable bonds is 5. The molecule has 1 amide bonds. The van der Waals surface area contributed by atoms with Gasteiger partial charge in [-0.3, -0.25) is 9.78 Å². The van der Waals surface area contributed by atoms with E-state index in [2.05, 4.69) is 17.1 Å². The van der Waals surface area contributed by atoms with E-state index in [4.69, 9.17) is 4.74 Å². The summed E-state index contributed by atoms with van der Waals surface area (Å²) in [5.74, 6) is 1.64. The third kappa shape index (κ3) is 4.13. The molecular weight excluding hydrogens is 300 g/mol. The molecule has 0 spiro atoms. The minimum atomic E-state index is 0.196. The van der Waals surface area contributed by atoms with Crippen LogP contribution >= 0.6 is 0 Å². The van der Waals surface area contributed by atoms with E-state index in [9.17, 15) is 4.79 Å². The maximum atomic E-state index is 12.6. The summed E-state index contributed by atoms with van der Waals surface area (Å²) in [5.41, 5.74) is 2.30. The maximum Gasteiger partial charge on any atom is 0.227 e. The number of methoxy groups -OCH3 is 1. The number of para-hydroxylation sites is 1. The number of hydrogen-bond acceptors (Lipinski definition) is 3. The highest BCUT2D eigenvalue weighted by atomic mass is 16.5. The Kier molecular flexibility index (Phi) is 5.47. The molecule has 0 radical (unpaired) electrons.